The molecule has 0 aromatic rings. The lowest BCUT2D eigenvalue weighted by atomic mass is 9.77. The summed E-state index contributed by atoms with van der Waals surface area (Å²) in [5.74, 6) is 1.03. The van der Waals surface area contributed by atoms with E-state index in [0.29, 0.717) is 30.5 Å². The van der Waals surface area contributed by atoms with Crippen LogP contribution in [-0.2, 0) is 9.53 Å². The lowest BCUT2D eigenvalue weighted by Crippen LogP contribution is -2.39. The zero-order chi connectivity index (χ0) is 20.4. The number of hydrogen-bond donors (Lipinski definition) is 1. The molecular formula is C23H40N2O2S. The maximum Gasteiger partial charge on any atom is 0.226 e. The summed E-state index contributed by atoms with van der Waals surface area (Å²) in [6, 6.07) is 0. The second-order valence-electron chi connectivity index (χ2n) is 8.47. The van der Waals surface area contributed by atoms with Crippen LogP contribution in [0.15, 0.2) is 12.2 Å². The number of allylic oxidation sites excluding steroid dienone is 2. The van der Waals surface area contributed by atoms with E-state index in [9.17, 15) is 4.79 Å². The van der Waals surface area contributed by atoms with Gasteiger partial charge in [-0.15, -0.1) is 0 Å². The lowest BCUT2D eigenvalue weighted by molar-refractivity contribution is -0.120. The summed E-state index contributed by atoms with van der Waals surface area (Å²) in [6.07, 6.45) is 16.3. The Hall–Kier alpha value is -0.940. The normalized spacial score (nSPS) is 26.1. The van der Waals surface area contributed by atoms with Crippen molar-refractivity contribution >= 4 is 23.1 Å². The third-order valence-corrected chi connectivity index (χ3v) is 6.72. The van der Waals surface area contributed by atoms with Crippen molar-refractivity contribution in [3.63, 3.8) is 0 Å². The molecule has 1 N–H and O–H groups in total. The molecule has 160 valence electrons. The Bertz CT molecular complexity index is 523. The molecule has 2 rings (SSSR count). The molecule has 0 saturated carbocycles. The van der Waals surface area contributed by atoms with Crippen LogP contribution >= 0.6 is 12.2 Å². The number of amides is 1. The number of fused-ring (bicyclic) bond motifs is 2. The summed E-state index contributed by atoms with van der Waals surface area (Å²) in [4.78, 5) is 15.2. The van der Waals surface area contributed by atoms with Crippen molar-refractivity contribution in [2.75, 3.05) is 20.1 Å². The highest BCUT2D eigenvalue weighted by Gasteiger charge is 2.47. The molecule has 4 nitrogen and oxygen atoms in total. The Balaban J connectivity index is 1.74. The largest absolute Gasteiger partial charge is 0.374 e. The number of unbranched alkanes of at least 4 members (excludes halogenated alkanes) is 4. The first-order valence-electron chi connectivity index (χ1n) is 11.4. The first-order valence-corrected chi connectivity index (χ1v) is 11.8. The van der Waals surface area contributed by atoms with Crippen molar-refractivity contribution in [2.24, 2.45) is 11.8 Å². The van der Waals surface area contributed by atoms with Crippen molar-refractivity contribution in [3.8, 4) is 0 Å². The molecule has 0 radical (unpaired) electrons. The van der Waals surface area contributed by atoms with Gasteiger partial charge in [0.05, 0.1) is 23.6 Å². The van der Waals surface area contributed by atoms with E-state index in [1.807, 2.05) is 7.05 Å². The fraction of sp³-hybridized carbons (Fsp3) is 0.826. The third-order valence-electron chi connectivity index (χ3n) is 6.26. The summed E-state index contributed by atoms with van der Waals surface area (Å²) in [5, 5.41) is 3.15. The van der Waals surface area contributed by atoms with Crippen molar-refractivity contribution in [1.82, 2.24) is 10.2 Å². The zero-order valence-corrected chi connectivity index (χ0v) is 18.9. The molecule has 28 heavy (non-hydrogen) atoms. The number of carbonyl (C=O) groups excluding carboxylic acids is 1. The molecule has 4 atom stereocenters. The summed E-state index contributed by atoms with van der Waals surface area (Å²) < 4.78 is 6.16. The maximum atomic E-state index is 12.4. The van der Waals surface area contributed by atoms with Crippen LogP contribution in [0.1, 0.15) is 78.1 Å². The van der Waals surface area contributed by atoms with Crippen LogP contribution < -0.4 is 5.32 Å². The minimum absolute atomic E-state index is 0.0485. The predicted octanol–water partition coefficient (Wildman–Crippen LogP) is 4.87. The van der Waals surface area contributed by atoms with Crippen molar-refractivity contribution in [3.05, 3.63) is 12.2 Å². The zero-order valence-electron chi connectivity index (χ0n) is 18.1. The number of nitrogens with zero attached hydrogens (tertiary/aromatic N) is 1. The lowest BCUT2D eigenvalue weighted by Gasteiger charge is -2.27. The van der Waals surface area contributed by atoms with Crippen LogP contribution in [0, 0.1) is 11.8 Å². The predicted molar refractivity (Wildman–Crippen MR) is 121 cm³/mol. The Morgan fingerprint density at radius 3 is 2.54 bits per heavy atom. The van der Waals surface area contributed by atoms with Gasteiger partial charge >= 0.3 is 0 Å². The Morgan fingerprint density at radius 1 is 1.11 bits per heavy atom. The van der Waals surface area contributed by atoms with E-state index >= 15 is 0 Å². The first kappa shape index (κ1) is 23.3. The molecule has 2 aliphatic rings. The molecule has 2 aliphatic heterocycles. The smallest absolute Gasteiger partial charge is 0.226 e. The molecule has 5 heteroatoms. The first-order chi connectivity index (χ1) is 13.6. The van der Waals surface area contributed by atoms with Gasteiger partial charge in [0.25, 0.3) is 0 Å². The minimum atomic E-state index is 0.0485. The van der Waals surface area contributed by atoms with E-state index in [4.69, 9.17) is 17.0 Å². The number of carbonyl (C=O) groups is 1. The molecule has 2 bridgehead atoms. The number of hydrogen-bond acceptors (Lipinski definition) is 3. The van der Waals surface area contributed by atoms with E-state index in [0.717, 1.165) is 37.3 Å². The highest BCUT2D eigenvalue weighted by Crippen LogP contribution is 2.44. The van der Waals surface area contributed by atoms with E-state index in [-0.39, 0.29) is 5.91 Å². The molecule has 0 spiro atoms. The third kappa shape index (κ3) is 7.14. The van der Waals surface area contributed by atoms with Crippen molar-refractivity contribution < 1.29 is 9.53 Å². The Labute approximate surface area is 177 Å². The molecule has 2 heterocycles. The standard InChI is InChI=1S/C23H40N2O2S/c1-4-6-8-9-10-12-18-19(21-14-13-20(18)27-21)17-24-22(26)16-23(28)25(3)15-11-7-5-2/h9-10,18-21H,4-8,11-17H2,1-3H3,(H,24,26)/t18-,19+,20-,21+/m0/s1. The Morgan fingerprint density at radius 2 is 1.82 bits per heavy atom. The average molecular weight is 409 g/mol. The highest BCUT2D eigenvalue weighted by molar-refractivity contribution is 7.80. The average Bonchev–Trinajstić information content (AvgIpc) is 3.28. The second-order valence-corrected chi connectivity index (χ2v) is 8.94. The monoisotopic (exact) mass is 408 g/mol. The SMILES string of the molecule is CCCCC=CC[C@H]1[C@@H](CNC(=O)CC(=S)N(C)CCCCC)[C@H]2CC[C@@H]1O2. The fourth-order valence-corrected chi connectivity index (χ4v) is 4.69. The van der Waals surface area contributed by atoms with Gasteiger partial charge in [-0.05, 0) is 38.0 Å². The van der Waals surface area contributed by atoms with Gasteiger partial charge in [0.1, 0.15) is 0 Å². The summed E-state index contributed by atoms with van der Waals surface area (Å²) in [5.41, 5.74) is 0. The van der Waals surface area contributed by atoms with Gasteiger partial charge in [-0.25, -0.2) is 0 Å². The van der Waals surface area contributed by atoms with Crippen LogP contribution in [0.25, 0.3) is 0 Å². The fourth-order valence-electron chi connectivity index (χ4n) is 4.46. The van der Waals surface area contributed by atoms with Gasteiger partial charge in [0.2, 0.25) is 5.91 Å². The molecule has 0 aromatic heterocycles. The van der Waals surface area contributed by atoms with Crippen LogP contribution in [0.2, 0.25) is 0 Å². The maximum absolute atomic E-state index is 12.4. The molecule has 1 amide bonds. The number of thiocarbonyl (C=S) groups is 1. The van der Waals surface area contributed by atoms with Crippen LogP contribution in [0.3, 0.4) is 0 Å². The van der Waals surface area contributed by atoms with Crippen LogP contribution in [-0.4, -0.2) is 48.1 Å². The van der Waals surface area contributed by atoms with Gasteiger partial charge < -0.3 is 15.0 Å². The van der Waals surface area contributed by atoms with Gasteiger partial charge in [-0.1, -0.05) is 63.9 Å². The van der Waals surface area contributed by atoms with E-state index in [2.05, 4.69) is 36.2 Å². The molecular weight excluding hydrogens is 368 g/mol. The molecule has 2 fully saturated rings. The Kier molecular flexibility index (Phi) is 10.5. The van der Waals surface area contributed by atoms with E-state index in [1.165, 1.54) is 38.5 Å². The van der Waals surface area contributed by atoms with Crippen LogP contribution in [0.5, 0.6) is 0 Å². The van der Waals surface area contributed by atoms with E-state index < -0.39 is 0 Å². The number of rotatable bonds is 13. The second kappa shape index (κ2) is 12.6. The quantitative estimate of drug-likeness (QED) is 0.268. The number of nitrogens with one attached hydrogen (secondary N) is 1. The molecule has 0 aliphatic carbocycles. The molecule has 0 unspecified atom stereocenters. The van der Waals surface area contributed by atoms with Gasteiger partial charge in [0.15, 0.2) is 0 Å². The van der Waals surface area contributed by atoms with Gasteiger partial charge in [-0.2, -0.15) is 0 Å². The molecule has 0 aromatic carbocycles. The van der Waals surface area contributed by atoms with Crippen molar-refractivity contribution in [2.45, 2.75) is 90.3 Å². The topological polar surface area (TPSA) is 41.6 Å². The summed E-state index contributed by atoms with van der Waals surface area (Å²) in [7, 11) is 2.00. The van der Waals surface area contributed by atoms with Gasteiger partial charge in [-0.3, -0.25) is 4.79 Å². The van der Waals surface area contributed by atoms with Crippen LogP contribution in [0.4, 0.5) is 0 Å². The van der Waals surface area contributed by atoms with Crippen molar-refractivity contribution in [1.29, 1.82) is 0 Å². The van der Waals surface area contributed by atoms with E-state index in [1.54, 1.807) is 0 Å². The summed E-state index contributed by atoms with van der Waals surface area (Å²) in [6.45, 7) is 6.08. The van der Waals surface area contributed by atoms with Gasteiger partial charge in [0, 0.05) is 26.1 Å². The highest BCUT2D eigenvalue weighted by atomic mass is 32.1. The molecule has 2 saturated heterocycles. The minimum Gasteiger partial charge on any atom is -0.374 e. The number of ether oxygens (including phenoxy) is 1. The summed E-state index contributed by atoms with van der Waals surface area (Å²) >= 11 is 5.45.